The number of benzene rings is 1. The predicted molar refractivity (Wildman–Crippen MR) is 86.5 cm³/mol. The van der Waals surface area contributed by atoms with Crippen molar-refractivity contribution in [3.8, 4) is 11.5 Å². The van der Waals surface area contributed by atoms with E-state index in [4.69, 9.17) is 9.47 Å². The molecule has 3 rings (SSSR count). The van der Waals surface area contributed by atoms with Gasteiger partial charge in [-0.3, -0.25) is 0 Å². The van der Waals surface area contributed by atoms with Gasteiger partial charge < -0.3 is 19.5 Å². The highest BCUT2D eigenvalue weighted by atomic mass is 16.5. The SMILES string of the molecule is COc1cccc(OCCC2(O)CC3CCCC(C2)N3C)c1. The van der Waals surface area contributed by atoms with Crippen molar-refractivity contribution in [3.63, 3.8) is 0 Å². The number of aliphatic hydroxyl groups is 1. The first kappa shape index (κ1) is 15.6. The summed E-state index contributed by atoms with van der Waals surface area (Å²) in [5, 5.41) is 10.9. The van der Waals surface area contributed by atoms with E-state index < -0.39 is 5.60 Å². The predicted octanol–water partition coefficient (Wildman–Crippen LogP) is 2.84. The molecule has 0 aromatic heterocycles. The molecule has 0 amide bonds. The van der Waals surface area contributed by atoms with Gasteiger partial charge in [-0.05, 0) is 44.9 Å². The summed E-state index contributed by atoms with van der Waals surface area (Å²) in [5.41, 5.74) is -0.568. The van der Waals surface area contributed by atoms with Crippen LogP contribution in [0, 0.1) is 0 Å². The lowest BCUT2D eigenvalue weighted by Gasteiger charge is -2.50. The van der Waals surface area contributed by atoms with Crippen LogP contribution in [0.5, 0.6) is 11.5 Å². The molecule has 122 valence electrons. The molecule has 2 heterocycles. The zero-order valence-corrected chi connectivity index (χ0v) is 13.6. The molecule has 0 saturated carbocycles. The molecular formula is C18H27NO3. The van der Waals surface area contributed by atoms with Crippen LogP contribution < -0.4 is 9.47 Å². The van der Waals surface area contributed by atoms with Gasteiger partial charge in [-0.25, -0.2) is 0 Å². The molecule has 0 spiro atoms. The summed E-state index contributed by atoms with van der Waals surface area (Å²) in [6, 6.07) is 8.70. The summed E-state index contributed by atoms with van der Waals surface area (Å²) in [4.78, 5) is 2.47. The standard InChI is InChI=1S/C18H27NO3/c1-19-14-5-3-6-15(19)13-18(20,12-14)9-10-22-17-8-4-7-16(11-17)21-2/h4,7-8,11,14-15,20H,3,5-6,9-10,12-13H2,1-2H3. The van der Waals surface area contributed by atoms with Gasteiger partial charge in [-0.1, -0.05) is 12.5 Å². The average Bonchev–Trinajstić information content (AvgIpc) is 2.49. The third kappa shape index (κ3) is 3.39. The lowest BCUT2D eigenvalue weighted by molar-refractivity contribution is -0.0912. The summed E-state index contributed by atoms with van der Waals surface area (Å²) >= 11 is 0. The van der Waals surface area contributed by atoms with Crippen molar-refractivity contribution in [1.29, 1.82) is 0 Å². The number of hydrogen-bond donors (Lipinski definition) is 1. The highest BCUT2D eigenvalue weighted by molar-refractivity contribution is 5.32. The number of hydrogen-bond acceptors (Lipinski definition) is 4. The lowest BCUT2D eigenvalue weighted by Crippen LogP contribution is -2.56. The highest BCUT2D eigenvalue weighted by Crippen LogP contribution is 2.39. The van der Waals surface area contributed by atoms with Crippen LogP contribution in [0.4, 0.5) is 0 Å². The molecule has 2 unspecified atom stereocenters. The minimum atomic E-state index is -0.568. The van der Waals surface area contributed by atoms with Crippen LogP contribution in [-0.4, -0.2) is 48.5 Å². The molecule has 2 bridgehead atoms. The number of ether oxygens (including phenoxy) is 2. The summed E-state index contributed by atoms with van der Waals surface area (Å²) in [7, 11) is 3.86. The largest absolute Gasteiger partial charge is 0.497 e. The maximum atomic E-state index is 10.9. The topological polar surface area (TPSA) is 41.9 Å². The zero-order chi connectivity index (χ0) is 15.6. The first-order chi connectivity index (χ1) is 10.6. The molecule has 2 saturated heterocycles. The lowest BCUT2D eigenvalue weighted by atomic mass is 9.74. The molecular weight excluding hydrogens is 278 g/mol. The monoisotopic (exact) mass is 305 g/mol. The van der Waals surface area contributed by atoms with Gasteiger partial charge in [0.15, 0.2) is 0 Å². The van der Waals surface area contributed by atoms with Gasteiger partial charge in [-0.2, -0.15) is 0 Å². The number of piperidine rings is 2. The molecule has 2 aliphatic rings. The Kier molecular flexibility index (Phi) is 4.59. The number of rotatable bonds is 5. The Bertz CT molecular complexity index is 491. The number of nitrogens with zero attached hydrogens (tertiary/aromatic N) is 1. The fourth-order valence-electron chi connectivity index (χ4n) is 4.00. The van der Waals surface area contributed by atoms with Crippen molar-refractivity contribution < 1.29 is 14.6 Å². The maximum Gasteiger partial charge on any atom is 0.122 e. The highest BCUT2D eigenvalue weighted by Gasteiger charge is 2.43. The van der Waals surface area contributed by atoms with E-state index in [2.05, 4.69) is 11.9 Å². The van der Waals surface area contributed by atoms with Crippen molar-refractivity contribution in [2.75, 3.05) is 20.8 Å². The quantitative estimate of drug-likeness (QED) is 0.908. The molecule has 4 nitrogen and oxygen atoms in total. The van der Waals surface area contributed by atoms with Gasteiger partial charge in [-0.15, -0.1) is 0 Å². The van der Waals surface area contributed by atoms with E-state index in [-0.39, 0.29) is 0 Å². The minimum Gasteiger partial charge on any atom is -0.497 e. The van der Waals surface area contributed by atoms with Crippen LogP contribution in [0.3, 0.4) is 0 Å². The van der Waals surface area contributed by atoms with Crippen LogP contribution in [0.15, 0.2) is 24.3 Å². The van der Waals surface area contributed by atoms with Crippen LogP contribution in [0.25, 0.3) is 0 Å². The molecule has 1 N–H and O–H groups in total. The van der Waals surface area contributed by atoms with Gasteiger partial charge >= 0.3 is 0 Å². The summed E-state index contributed by atoms with van der Waals surface area (Å²) < 4.78 is 11.0. The van der Waals surface area contributed by atoms with Gasteiger partial charge in [0.2, 0.25) is 0 Å². The van der Waals surface area contributed by atoms with Gasteiger partial charge in [0.05, 0.1) is 19.3 Å². The van der Waals surface area contributed by atoms with Crippen LogP contribution >= 0.6 is 0 Å². The molecule has 1 aromatic carbocycles. The van der Waals surface area contributed by atoms with Crippen LogP contribution in [0.1, 0.15) is 38.5 Å². The summed E-state index contributed by atoms with van der Waals surface area (Å²) in [6.07, 6.45) is 6.18. The Morgan fingerprint density at radius 3 is 2.59 bits per heavy atom. The van der Waals surface area contributed by atoms with Crippen molar-refractivity contribution >= 4 is 0 Å². The molecule has 4 heteroatoms. The first-order valence-electron chi connectivity index (χ1n) is 8.31. The van der Waals surface area contributed by atoms with E-state index in [1.165, 1.54) is 19.3 Å². The van der Waals surface area contributed by atoms with Crippen molar-refractivity contribution in [2.45, 2.75) is 56.2 Å². The molecule has 0 radical (unpaired) electrons. The average molecular weight is 305 g/mol. The third-order valence-corrected chi connectivity index (χ3v) is 5.34. The Hall–Kier alpha value is -1.26. The first-order valence-corrected chi connectivity index (χ1v) is 8.31. The van der Waals surface area contributed by atoms with E-state index >= 15 is 0 Å². The molecule has 1 aromatic rings. The van der Waals surface area contributed by atoms with E-state index in [0.717, 1.165) is 24.3 Å². The van der Waals surface area contributed by atoms with Crippen molar-refractivity contribution in [1.82, 2.24) is 4.90 Å². The third-order valence-electron chi connectivity index (χ3n) is 5.34. The summed E-state index contributed by atoms with van der Waals surface area (Å²) in [6.45, 7) is 0.548. The zero-order valence-electron chi connectivity index (χ0n) is 13.6. The smallest absolute Gasteiger partial charge is 0.122 e. The van der Waals surface area contributed by atoms with E-state index in [1.54, 1.807) is 7.11 Å². The maximum absolute atomic E-state index is 10.9. The Morgan fingerprint density at radius 1 is 1.23 bits per heavy atom. The normalized spacial score (nSPS) is 31.8. The Balaban J connectivity index is 1.54. The summed E-state index contributed by atoms with van der Waals surface area (Å²) in [5.74, 6) is 1.60. The van der Waals surface area contributed by atoms with E-state index in [0.29, 0.717) is 25.1 Å². The van der Waals surface area contributed by atoms with Crippen molar-refractivity contribution in [2.24, 2.45) is 0 Å². The van der Waals surface area contributed by atoms with Crippen LogP contribution in [0.2, 0.25) is 0 Å². The fraction of sp³-hybridized carbons (Fsp3) is 0.667. The van der Waals surface area contributed by atoms with E-state index in [9.17, 15) is 5.11 Å². The van der Waals surface area contributed by atoms with E-state index in [1.807, 2.05) is 24.3 Å². The molecule has 2 atom stereocenters. The molecule has 22 heavy (non-hydrogen) atoms. The Morgan fingerprint density at radius 2 is 1.91 bits per heavy atom. The fourth-order valence-corrected chi connectivity index (χ4v) is 4.00. The number of fused-ring (bicyclic) bond motifs is 2. The Labute approximate surface area is 133 Å². The van der Waals surface area contributed by atoms with Crippen LogP contribution in [-0.2, 0) is 0 Å². The second kappa shape index (κ2) is 6.47. The molecule has 2 aliphatic heterocycles. The minimum absolute atomic E-state index is 0.536. The molecule has 2 fully saturated rings. The molecule has 0 aliphatic carbocycles. The number of methoxy groups -OCH3 is 1. The van der Waals surface area contributed by atoms with Gasteiger partial charge in [0.1, 0.15) is 11.5 Å². The van der Waals surface area contributed by atoms with Gasteiger partial charge in [0, 0.05) is 24.6 Å². The van der Waals surface area contributed by atoms with Crippen molar-refractivity contribution in [3.05, 3.63) is 24.3 Å². The second-order valence-electron chi connectivity index (χ2n) is 6.81. The van der Waals surface area contributed by atoms with Gasteiger partial charge in [0.25, 0.3) is 0 Å². The second-order valence-corrected chi connectivity index (χ2v) is 6.81.